The van der Waals surface area contributed by atoms with Gasteiger partial charge in [-0.15, -0.1) is 0 Å². The summed E-state index contributed by atoms with van der Waals surface area (Å²) in [5.74, 6) is 4.34. The molecule has 0 spiro atoms. The van der Waals surface area contributed by atoms with Crippen molar-refractivity contribution in [2.24, 2.45) is 0 Å². The predicted molar refractivity (Wildman–Crippen MR) is 363 cm³/mol. The van der Waals surface area contributed by atoms with Crippen molar-refractivity contribution in [3.8, 4) is 73.3 Å². The van der Waals surface area contributed by atoms with Gasteiger partial charge in [-0.25, -0.2) is 0 Å². The van der Waals surface area contributed by atoms with Gasteiger partial charge in [0.25, 0.3) is 0 Å². The van der Waals surface area contributed by atoms with Crippen LogP contribution in [-0.2, 0) is 21.8 Å². The third-order valence-electron chi connectivity index (χ3n) is 14.7. The molecule has 0 amide bonds. The van der Waals surface area contributed by atoms with Crippen LogP contribution in [0.2, 0.25) is 0 Å². The molecule has 430 valence electrons. The zero-order valence-electron chi connectivity index (χ0n) is 49.4. The summed E-state index contributed by atoms with van der Waals surface area (Å²) in [4.78, 5) is 12.3. The van der Waals surface area contributed by atoms with Crippen LogP contribution >= 0.6 is 23.5 Å². The molecule has 0 aliphatic rings. The van der Waals surface area contributed by atoms with Gasteiger partial charge in [-0.05, 0) is 198 Å². The predicted octanol–water partition coefficient (Wildman–Crippen LogP) is 20.9. The van der Waals surface area contributed by atoms with Crippen LogP contribution in [0.25, 0.3) is 44.5 Å². The van der Waals surface area contributed by atoms with E-state index in [1.54, 1.807) is 59.1 Å². The minimum atomic E-state index is -0.315. The number of hydrogen-bond acceptors (Lipinski definition) is 7. The average Bonchev–Trinajstić information content (AvgIpc) is 2.58. The number of rotatable bonds is 19. The Labute approximate surface area is 526 Å². The van der Waals surface area contributed by atoms with Crippen LogP contribution in [0.3, 0.4) is 0 Å². The van der Waals surface area contributed by atoms with Crippen molar-refractivity contribution in [3.63, 3.8) is 0 Å². The molecular formula is C78H66O5S4+2. The van der Waals surface area contributed by atoms with E-state index in [2.05, 4.69) is 256 Å². The van der Waals surface area contributed by atoms with Gasteiger partial charge in [-0.2, -0.15) is 0 Å². The molecule has 0 aromatic heterocycles. The van der Waals surface area contributed by atoms with Crippen LogP contribution in [0.1, 0.15) is 5.56 Å². The Kier molecular flexibility index (Phi) is 19.9. The fraction of sp³-hybridized carbons (Fsp3) is 0.0769. The molecule has 0 saturated heterocycles. The number of ether oxygens (including phenoxy) is 5. The molecule has 0 bridgehead atoms. The molecule has 0 aliphatic heterocycles. The highest BCUT2D eigenvalue weighted by Crippen LogP contribution is 2.42. The third-order valence-corrected chi connectivity index (χ3v) is 21.2. The molecule has 0 aliphatic carbocycles. The standard InChI is InChI=1S/C40H35O3S2.C38H31O2S2/c1-28-24-37(44-36-18-14-29(15-19-36)31-8-5-10-33(25-31)41-2)20-23-40(28)45(39-13-7-12-35(27-39)43-4)38-21-16-30(17-22-38)32-9-6-11-34(26-32)42-3;1-39-37-26-31(20-24-35(37)28-12-6-3-7-13-28)41-30-18-21-33(22-19-30)42(32-16-10-5-11-17-32)34-23-25-36(38(27-34)40-2)29-14-8-4-9-15-29/h5-27H,1-4H3;3-27H,1-2H3/q2*+1. The van der Waals surface area contributed by atoms with E-state index in [9.17, 15) is 0 Å². The van der Waals surface area contributed by atoms with Gasteiger partial charge in [-0.1, -0.05) is 145 Å². The van der Waals surface area contributed by atoms with Gasteiger partial charge in [-0.3, -0.25) is 0 Å². The summed E-state index contributed by atoms with van der Waals surface area (Å²) in [6, 6.07) is 103. The molecule has 0 saturated carbocycles. The van der Waals surface area contributed by atoms with Crippen molar-refractivity contribution in [3.05, 3.63) is 297 Å². The summed E-state index contributed by atoms with van der Waals surface area (Å²) in [6.45, 7) is 2.22. The molecule has 9 heteroatoms. The van der Waals surface area contributed by atoms with Crippen molar-refractivity contribution in [1.29, 1.82) is 0 Å². The monoisotopic (exact) mass is 1210 g/mol. The normalized spacial score (nSPS) is 11.6. The summed E-state index contributed by atoms with van der Waals surface area (Å²) in [7, 11) is 8.01. The average molecular weight is 1210 g/mol. The molecule has 2 atom stereocenters. The topological polar surface area (TPSA) is 46.2 Å². The first-order chi connectivity index (χ1) is 42.8. The minimum absolute atomic E-state index is 0.285. The smallest absolute Gasteiger partial charge is 0.170 e. The van der Waals surface area contributed by atoms with Gasteiger partial charge in [0, 0.05) is 48.4 Å². The highest BCUT2D eigenvalue weighted by Gasteiger charge is 2.32. The largest absolute Gasteiger partial charge is 0.497 e. The second-order valence-corrected chi connectivity index (χ2v) is 26.5. The van der Waals surface area contributed by atoms with Crippen molar-refractivity contribution in [2.75, 3.05) is 35.5 Å². The number of methoxy groups -OCH3 is 5. The van der Waals surface area contributed by atoms with Crippen LogP contribution in [0, 0.1) is 6.92 Å². The van der Waals surface area contributed by atoms with E-state index in [1.807, 2.05) is 42.5 Å². The lowest BCUT2D eigenvalue weighted by atomic mass is 10.1. The quantitative estimate of drug-likeness (QED) is 0.0748. The van der Waals surface area contributed by atoms with E-state index < -0.39 is 0 Å². The molecule has 0 N–H and O–H groups in total. The van der Waals surface area contributed by atoms with Gasteiger partial charge < -0.3 is 23.7 Å². The third kappa shape index (κ3) is 14.7. The van der Waals surface area contributed by atoms with Gasteiger partial charge in [0.2, 0.25) is 0 Å². The lowest BCUT2D eigenvalue weighted by Gasteiger charge is -2.13. The molecule has 12 rings (SSSR count). The van der Waals surface area contributed by atoms with Crippen LogP contribution in [0.4, 0.5) is 0 Å². The first-order valence-corrected chi connectivity index (χ1v) is 32.6. The van der Waals surface area contributed by atoms with Crippen LogP contribution in [0.5, 0.6) is 28.7 Å². The lowest BCUT2D eigenvalue weighted by Crippen LogP contribution is -2.07. The van der Waals surface area contributed by atoms with E-state index in [0.717, 1.165) is 72.6 Å². The van der Waals surface area contributed by atoms with Crippen molar-refractivity contribution >= 4 is 45.3 Å². The van der Waals surface area contributed by atoms with E-state index in [1.165, 1.54) is 55.2 Å². The summed E-state index contributed by atoms with van der Waals surface area (Å²) in [5.41, 5.74) is 10.4. The Morgan fingerprint density at radius 2 is 0.632 bits per heavy atom. The van der Waals surface area contributed by atoms with Crippen molar-refractivity contribution in [2.45, 2.75) is 55.9 Å². The SMILES string of the molecule is COc1cc(Sc2ccc([S+](c3ccccc3)c3ccc(-c4ccccc4)c(OC)c3)cc2)ccc1-c1ccccc1.COc1cccc(-c2ccc(Sc3ccc([S+](c4ccc(-c5cccc(OC)c5)cc4)c4cccc(OC)c4)c(C)c3)cc2)c1. The fourth-order valence-corrected chi connectivity index (χ4v) is 16.3. The molecule has 12 aromatic carbocycles. The van der Waals surface area contributed by atoms with Crippen LogP contribution in [0.15, 0.2) is 340 Å². The zero-order valence-corrected chi connectivity index (χ0v) is 52.7. The van der Waals surface area contributed by atoms with Gasteiger partial charge in [0.05, 0.1) is 57.3 Å². The number of benzene rings is 12. The van der Waals surface area contributed by atoms with E-state index in [0.29, 0.717) is 0 Å². The zero-order chi connectivity index (χ0) is 59.9. The Balaban J connectivity index is 0.000000181. The van der Waals surface area contributed by atoms with E-state index in [-0.39, 0.29) is 21.8 Å². The molecule has 0 heterocycles. The molecule has 0 radical (unpaired) electrons. The first kappa shape index (κ1) is 59.8. The Bertz CT molecular complexity index is 4200. The highest BCUT2D eigenvalue weighted by molar-refractivity contribution is 7.99. The van der Waals surface area contributed by atoms with Gasteiger partial charge in [0.1, 0.15) is 28.7 Å². The second-order valence-electron chi connectivity index (χ2n) is 20.2. The second kappa shape index (κ2) is 29.0. The Morgan fingerprint density at radius 3 is 1.17 bits per heavy atom. The lowest BCUT2D eigenvalue weighted by molar-refractivity contribution is 0.413. The maximum absolute atomic E-state index is 5.89. The summed E-state index contributed by atoms with van der Waals surface area (Å²) < 4.78 is 28.1. The van der Waals surface area contributed by atoms with Crippen LogP contribution < -0.4 is 23.7 Å². The Morgan fingerprint density at radius 1 is 0.253 bits per heavy atom. The maximum Gasteiger partial charge on any atom is 0.170 e. The summed E-state index contributed by atoms with van der Waals surface area (Å²) >= 11 is 3.52. The summed E-state index contributed by atoms with van der Waals surface area (Å²) in [5, 5.41) is 0. The van der Waals surface area contributed by atoms with E-state index in [4.69, 9.17) is 23.7 Å². The first-order valence-electron chi connectivity index (χ1n) is 28.5. The number of hydrogen-bond donors (Lipinski definition) is 0. The number of aryl methyl sites for hydroxylation is 1. The molecule has 0 fully saturated rings. The maximum atomic E-state index is 5.89. The van der Waals surface area contributed by atoms with Crippen LogP contribution in [-0.4, -0.2) is 35.5 Å². The fourth-order valence-electron chi connectivity index (χ4n) is 10.3. The van der Waals surface area contributed by atoms with E-state index >= 15 is 0 Å². The molecule has 87 heavy (non-hydrogen) atoms. The summed E-state index contributed by atoms with van der Waals surface area (Å²) in [6.07, 6.45) is 0. The van der Waals surface area contributed by atoms with Crippen molar-refractivity contribution in [1.82, 2.24) is 0 Å². The molecular weight excluding hydrogens is 1150 g/mol. The van der Waals surface area contributed by atoms with Crippen molar-refractivity contribution < 1.29 is 23.7 Å². The molecule has 5 nitrogen and oxygen atoms in total. The minimum Gasteiger partial charge on any atom is -0.497 e. The van der Waals surface area contributed by atoms with Gasteiger partial charge in [0.15, 0.2) is 29.4 Å². The Hall–Kier alpha value is -8.96. The highest BCUT2D eigenvalue weighted by atomic mass is 32.2. The van der Waals surface area contributed by atoms with Gasteiger partial charge >= 0.3 is 0 Å². The molecule has 2 unspecified atom stereocenters. The molecule has 12 aromatic rings.